The van der Waals surface area contributed by atoms with Crippen molar-refractivity contribution in [3.63, 3.8) is 0 Å². The fourth-order valence-electron chi connectivity index (χ4n) is 6.36. The van der Waals surface area contributed by atoms with Gasteiger partial charge < -0.3 is 0 Å². The normalized spacial score (nSPS) is 38.1. The molecule has 3 fully saturated rings. The van der Waals surface area contributed by atoms with Gasteiger partial charge in [0.25, 0.3) is 0 Å². The van der Waals surface area contributed by atoms with E-state index in [-0.39, 0.29) is 40.9 Å². The van der Waals surface area contributed by atoms with Crippen LogP contribution in [0.15, 0.2) is 66.7 Å². The number of imide groups is 1. The number of rotatable bonds is 2. The number of carbonyl (C=O) groups excluding carboxylic acids is 2. The summed E-state index contributed by atoms with van der Waals surface area (Å²) in [6.07, 6.45) is 5.57. The van der Waals surface area contributed by atoms with Gasteiger partial charge in [0.15, 0.2) is 0 Å². The number of carbonyl (C=O) groups is 2. The van der Waals surface area contributed by atoms with E-state index in [4.69, 9.17) is 0 Å². The largest absolute Gasteiger partial charge is 0.274 e. The van der Waals surface area contributed by atoms with E-state index in [2.05, 4.69) is 36.4 Å². The van der Waals surface area contributed by atoms with E-state index >= 15 is 0 Å². The molecule has 2 amide bonds. The van der Waals surface area contributed by atoms with Crippen molar-refractivity contribution in [1.29, 1.82) is 0 Å². The Kier molecular flexibility index (Phi) is 2.84. The number of benzene rings is 2. The van der Waals surface area contributed by atoms with Gasteiger partial charge >= 0.3 is 0 Å². The Labute approximate surface area is 158 Å². The molecule has 2 aromatic rings. The Morgan fingerprint density at radius 2 is 1.56 bits per heavy atom. The standard InChI is InChI=1S/C24H21NO2/c1-14-6-5-9-16(12-14)25-22(26)20-17-10-11-18(21(20)23(25)27)24(17)13-19(24)15-7-3-2-4-8-15/h2-12,17-21H,13H2,1H3/t17-,18+,19-,20+,21-,24?/m1/s1. The van der Waals surface area contributed by atoms with Crippen molar-refractivity contribution in [2.24, 2.45) is 29.1 Å². The summed E-state index contributed by atoms with van der Waals surface area (Å²) in [5.41, 5.74) is 3.24. The van der Waals surface area contributed by atoms with Crippen LogP contribution in [0.1, 0.15) is 23.5 Å². The van der Waals surface area contributed by atoms with Crippen molar-refractivity contribution < 1.29 is 9.59 Å². The Morgan fingerprint density at radius 1 is 0.889 bits per heavy atom. The first kappa shape index (κ1) is 15.4. The molecule has 6 atom stereocenters. The van der Waals surface area contributed by atoms with Crippen LogP contribution in [0.2, 0.25) is 0 Å². The average Bonchev–Trinajstić information content (AvgIpc) is 3.15. The number of hydrogen-bond donors (Lipinski definition) is 0. The van der Waals surface area contributed by atoms with Crippen LogP contribution in [0, 0.1) is 36.0 Å². The number of allylic oxidation sites excluding steroid dienone is 2. The van der Waals surface area contributed by atoms with Crippen molar-refractivity contribution in [1.82, 2.24) is 0 Å². The second kappa shape index (κ2) is 4.98. The molecule has 1 heterocycles. The second-order valence-electron chi connectivity index (χ2n) is 8.62. The maximum absolute atomic E-state index is 13.3. The van der Waals surface area contributed by atoms with Gasteiger partial charge in [0.2, 0.25) is 11.8 Å². The molecule has 3 nitrogen and oxygen atoms in total. The van der Waals surface area contributed by atoms with E-state index in [0.717, 1.165) is 17.7 Å². The number of hydrogen-bond acceptors (Lipinski definition) is 2. The summed E-state index contributed by atoms with van der Waals surface area (Å²) in [5.74, 6) is 0.523. The van der Waals surface area contributed by atoms with Crippen molar-refractivity contribution >= 4 is 17.5 Å². The molecule has 1 spiro atoms. The van der Waals surface area contributed by atoms with Gasteiger partial charge in [0.1, 0.15) is 0 Å². The third kappa shape index (κ3) is 1.77. The highest BCUT2D eigenvalue weighted by Crippen LogP contribution is 2.79. The fourth-order valence-corrected chi connectivity index (χ4v) is 6.36. The lowest BCUT2D eigenvalue weighted by Gasteiger charge is -2.23. The molecule has 0 radical (unpaired) electrons. The summed E-state index contributed by atoms with van der Waals surface area (Å²) in [7, 11) is 0. The fraction of sp³-hybridized carbons (Fsp3) is 0.333. The molecule has 134 valence electrons. The van der Waals surface area contributed by atoms with Gasteiger partial charge in [0.05, 0.1) is 17.5 Å². The molecular formula is C24H21NO2. The van der Waals surface area contributed by atoms with Gasteiger partial charge in [-0.05, 0) is 59.8 Å². The van der Waals surface area contributed by atoms with Crippen LogP contribution in [-0.2, 0) is 9.59 Å². The minimum atomic E-state index is -0.179. The summed E-state index contributed by atoms with van der Waals surface area (Å²) in [5, 5.41) is 0. The van der Waals surface area contributed by atoms with Crippen LogP contribution in [0.4, 0.5) is 5.69 Å². The van der Waals surface area contributed by atoms with Crippen molar-refractivity contribution in [3.05, 3.63) is 77.9 Å². The molecule has 0 N–H and O–H groups in total. The third-order valence-electron chi connectivity index (χ3n) is 7.45. The predicted octanol–water partition coefficient (Wildman–Crippen LogP) is 4.09. The van der Waals surface area contributed by atoms with Gasteiger partial charge in [-0.15, -0.1) is 0 Å². The maximum atomic E-state index is 13.3. The Morgan fingerprint density at radius 3 is 2.19 bits per heavy atom. The number of aryl methyl sites for hydroxylation is 1. The summed E-state index contributed by atoms with van der Waals surface area (Å²) >= 11 is 0. The van der Waals surface area contributed by atoms with Gasteiger partial charge in [-0.1, -0.05) is 54.6 Å². The van der Waals surface area contributed by atoms with Crippen LogP contribution < -0.4 is 4.90 Å². The van der Waals surface area contributed by atoms with Crippen molar-refractivity contribution in [2.45, 2.75) is 19.3 Å². The third-order valence-corrected chi connectivity index (χ3v) is 7.45. The molecule has 2 aromatic carbocycles. The number of fused-ring (bicyclic) bond motifs is 3. The molecule has 1 unspecified atom stereocenters. The van der Waals surface area contributed by atoms with Crippen LogP contribution in [0.25, 0.3) is 0 Å². The minimum Gasteiger partial charge on any atom is -0.274 e. The van der Waals surface area contributed by atoms with E-state index in [9.17, 15) is 9.59 Å². The SMILES string of the molecule is Cc1cccc(N2C(=O)[C@@H]3[C@H](C2=O)[C@@H]2C=C[C@H]3C23C[C@@H]3c2ccccc2)c1. The molecule has 6 rings (SSSR count). The lowest BCUT2D eigenvalue weighted by Crippen LogP contribution is -2.35. The summed E-state index contributed by atoms with van der Waals surface area (Å²) in [6, 6.07) is 18.3. The zero-order chi connectivity index (χ0) is 18.3. The number of amides is 2. The van der Waals surface area contributed by atoms with E-state index < -0.39 is 0 Å². The van der Waals surface area contributed by atoms with Crippen LogP contribution in [0.5, 0.6) is 0 Å². The highest BCUT2D eigenvalue weighted by Gasteiger charge is 2.77. The highest BCUT2D eigenvalue weighted by molar-refractivity contribution is 6.23. The second-order valence-corrected chi connectivity index (χ2v) is 8.62. The first-order chi connectivity index (χ1) is 13.1. The maximum Gasteiger partial charge on any atom is 0.238 e. The Balaban J connectivity index is 1.37. The summed E-state index contributed by atoms with van der Waals surface area (Å²) < 4.78 is 0. The molecule has 2 bridgehead atoms. The smallest absolute Gasteiger partial charge is 0.238 e. The Hall–Kier alpha value is -2.68. The molecule has 2 saturated carbocycles. The molecule has 1 aliphatic heterocycles. The Bertz CT molecular complexity index is 976. The summed E-state index contributed by atoms with van der Waals surface area (Å²) in [6.45, 7) is 1.99. The first-order valence-corrected chi connectivity index (χ1v) is 9.80. The highest BCUT2D eigenvalue weighted by atomic mass is 16.2. The van der Waals surface area contributed by atoms with Gasteiger partial charge in [-0.25, -0.2) is 0 Å². The quantitative estimate of drug-likeness (QED) is 0.601. The van der Waals surface area contributed by atoms with Crippen LogP contribution in [0.3, 0.4) is 0 Å². The van der Waals surface area contributed by atoms with Gasteiger partial charge in [0, 0.05) is 0 Å². The van der Waals surface area contributed by atoms with E-state index in [1.54, 1.807) is 0 Å². The van der Waals surface area contributed by atoms with Gasteiger partial charge in [-0.3, -0.25) is 14.5 Å². The van der Waals surface area contributed by atoms with E-state index in [1.165, 1.54) is 10.5 Å². The van der Waals surface area contributed by atoms with Crippen LogP contribution in [-0.4, -0.2) is 11.8 Å². The monoisotopic (exact) mass is 355 g/mol. The van der Waals surface area contributed by atoms with Gasteiger partial charge in [-0.2, -0.15) is 0 Å². The number of anilines is 1. The minimum absolute atomic E-state index is 0.00513. The molecule has 1 saturated heterocycles. The van der Waals surface area contributed by atoms with E-state index in [1.807, 2.05) is 37.3 Å². The molecular weight excluding hydrogens is 334 g/mol. The predicted molar refractivity (Wildman–Crippen MR) is 103 cm³/mol. The first-order valence-electron chi connectivity index (χ1n) is 9.80. The van der Waals surface area contributed by atoms with Crippen LogP contribution >= 0.6 is 0 Å². The topological polar surface area (TPSA) is 37.4 Å². The lowest BCUT2D eigenvalue weighted by molar-refractivity contribution is -0.123. The van der Waals surface area contributed by atoms with E-state index in [0.29, 0.717) is 5.92 Å². The zero-order valence-corrected chi connectivity index (χ0v) is 15.2. The molecule has 4 aliphatic rings. The van der Waals surface area contributed by atoms with Crippen molar-refractivity contribution in [2.75, 3.05) is 4.90 Å². The molecule has 27 heavy (non-hydrogen) atoms. The zero-order valence-electron chi connectivity index (χ0n) is 15.2. The number of nitrogens with zero attached hydrogens (tertiary/aromatic N) is 1. The average molecular weight is 355 g/mol. The van der Waals surface area contributed by atoms with Crippen molar-refractivity contribution in [3.8, 4) is 0 Å². The molecule has 3 heteroatoms. The lowest BCUT2D eigenvalue weighted by atomic mass is 9.85. The summed E-state index contributed by atoms with van der Waals surface area (Å²) in [4.78, 5) is 28.1. The molecule has 0 aromatic heterocycles. The molecule has 3 aliphatic carbocycles.